The zero-order valence-electron chi connectivity index (χ0n) is 15.5. The molecular weight excluding hydrogens is 312 g/mol. The van der Waals surface area contributed by atoms with E-state index in [1.165, 1.54) is 16.7 Å². The molecule has 1 aliphatic rings. The van der Waals surface area contributed by atoms with E-state index in [0.29, 0.717) is 12.5 Å². The second-order valence-electron chi connectivity index (χ2n) is 7.13. The summed E-state index contributed by atoms with van der Waals surface area (Å²) in [7, 11) is 1.90. The van der Waals surface area contributed by atoms with Gasteiger partial charge in [0.2, 0.25) is 0 Å². The number of amides is 2. The van der Waals surface area contributed by atoms with Crippen LogP contribution < -0.4 is 5.32 Å². The third-order valence-corrected chi connectivity index (χ3v) is 5.10. The Morgan fingerprint density at radius 3 is 2.72 bits per heavy atom. The number of nitrogens with zero attached hydrogens (tertiary/aromatic N) is 3. The van der Waals surface area contributed by atoms with Crippen LogP contribution in [0.25, 0.3) is 0 Å². The molecule has 5 nitrogen and oxygen atoms in total. The van der Waals surface area contributed by atoms with E-state index < -0.39 is 0 Å². The highest BCUT2D eigenvalue weighted by molar-refractivity contribution is 5.74. The van der Waals surface area contributed by atoms with Crippen molar-refractivity contribution in [3.05, 3.63) is 52.8 Å². The average molecular weight is 340 g/mol. The van der Waals surface area contributed by atoms with E-state index in [0.717, 1.165) is 37.9 Å². The molecule has 2 aromatic rings. The van der Waals surface area contributed by atoms with Gasteiger partial charge in [-0.25, -0.2) is 4.79 Å². The van der Waals surface area contributed by atoms with Crippen molar-refractivity contribution in [2.45, 2.75) is 39.0 Å². The number of carbonyl (C=O) groups is 1. The van der Waals surface area contributed by atoms with E-state index in [1.807, 2.05) is 24.3 Å². The fraction of sp³-hybridized carbons (Fsp3) is 0.500. The molecule has 0 atom stereocenters. The van der Waals surface area contributed by atoms with Crippen LogP contribution >= 0.6 is 0 Å². The molecule has 1 N–H and O–H groups in total. The molecule has 134 valence electrons. The summed E-state index contributed by atoms with van der Waals surface area (Å²) in [4.78, 5) is 14.3. The van der Waals surface area contributed by atoms with E-state index in [9.17, 15) is 4.79 Å². The molecule has 1 saturated heterocycles. The Kier molecular flexibility index (Phi) is 5.41. The maximum absolute atomic E-state index is 12.4. The van der Waals surface area contributed by atoms with Crippen LogP contribution in [0.15, 0.2) is 30.6 Å². The van der Waals surface area contributed by atoms with Gasteiger partial charge in [0.25, 0.3) is 0 Å². The lowest BCUT2D eigenvalue weighted by Gasteiger charge is -2.33. The quantitative estimate of drug-likeness (QED) is 0.929. The van der Waals surface area contributed by atoms with Crippen LogP contribution in [0.4, 0.5) is 4.79 Å². The van der Waals surface area contributed by atoms with Gasteiger partial charge in [0, 0.05) is 32.9 Å². The molecule has 3 rings (SSSR count). The van der Waals surface area contributed by atoms with Crippen molar-refractivity contribution in [2.75, 3.05) is 19.6 Å². The minimum Gasteiger partial charge on any atom is -0.338 e. The third kappa shape index (κ3) is 4.41. The van der Waals surface area contributed by atoms with Crippen LogP contribution in [0.3, 0.4) is 0 Å². The van der Waals surface area contributed by atoms with Gasteiger partial charge in [-0.05, 0) is 55.7 Å². The number of aromatic nitrogens is 2. The van der Waals surface area contributed by atoms with Crippen molar-refractivity contribution in [1.82, 2.24) is 20.0 Å². The highest BCUT2D eigenvalue weighted by Gasteiger charge is 2.24. The topological polar surface area (TPSA) is 50.2 Å². The summed E-state index contributed by atoms with van der Waals surface area (Å²) >= 11 is 0. The number of hydrogen-bond acceptors (Lipinski definition) is 2. The summed E-state index contributed by atoms with van der Waals surface area (Å²) in [5.41, 5.74) is 5.29. The van der Waals surface area contributed by atoms with Crippen molar-refractivity contribution in [2.24, 2.45) is 7.05 Å². The number of nitrogens with one attached hydrogen (secondary N) is 1. The molecule has 0 radical (unpaired) electrons. The molecule has 25 heavy (non-hydrogen) atoms. The van der Waals surface area contributed by atoms with Gasteiger partial charge in [-0.15, -0.1) is 0 Å². The Bertz CT molecular complexity index is 729. The first-order chi connectivity index (χ1) is 12.0. The molecule has 0 bridgehead atoms. The van der Waals surface area contributed by atoms with Crippen LogP contribution in [-0.4, -0.2) is 40.3 Å². The van der Waals surface area contributed by atoms with Crippen molar-refractivity contribution in [1.29, 1.82) is 0 Å². The second kappa shape index (κ2) is 7.72. The maximum Gasteiger partial charge on any atom is 0.317 e. The maximum atomic E-state index is 12.4. The Balaban J connectivity index is 1.46. The minimum atomic E-state index is 0.0586. The van der Waals surface area contributed by atoms with Gasteiger partial charge in [-0.2, -0.15) is 5.10 Å². The molecule has 0 unspecified atom stereocenters. The van der Waals surface area contributed by atoms with Crippen LogP contribution in [0.5, 0.6) is 0 Å². The van der Waals surface area contributed by atoms with Crippen LogP contribution in [0, 0.1) is 13.8 Å². The Hall–Kier alpha value is -2.30. The van der Waals surface area contributed by atoms with E-state index in [4.69, 9.17) is 0 Å². The predicted octanol–water partition coefficient (Wildman–Crippen LogP) is 3.17. The summed E-state index contributed by atoms with van der Waals surface area (Å²) in [6.45, 7) is 6.65. The minimum absolute atomic E-state index is 0.0586. The van der Waals surface area contributed by atoms with Crippen molar-refractivity contribution in [3.63, 3.8) is 0 Å². The largest absolute Gasteiger partial charge is 0.338 e. The molecular formula is C20H28N4O. The normalized spacial score (nSPS) is 15.4. The van der Waals surface area contributed by atoms with Gasteiger partial charge in [-0.3, -0.25) is 4.68 Å². The molecule has 1 fully saturated rings. The molecule has 0 saturated carbocycles. The number of hydrogen-bond donors (Lipinski definition) is 1. The summed E-state index contributed by atoms with van der Waals surface area (Å²) in [6.07, 6.45) is 6.74. The van der Waals surface area contributed by atoms with E-state index in [-0.39, 0.29) is 6.03 Å². The fourth-order valence-electron chi connectivity index (χ4n) is 3.62. The summed E-state index contributed by atoms with van der Waals surface area (Å²) in [5.74, 6) is 0.569. The SMILES string of the molecule is Cc1ccc(C)c(C2CCN(C(=O)NCCc3cnn(C)c3)CC2)c1. The highest BCUT2D eigenvalue weighted by atomic mass is 16.2. The number of urea groups is 1. The molecule has 2 amide bonds. The fourth-order valence-corrected chi connectivity index (χ4v) is 3.62. The van der Waals surface area contributed by atoms with Crippen LogP contribution in [0.1, 0.15) is 41.0 Å². The standard InChI is InChI=1S/C20H28N4O/c1-15-4-5-16(2)19(12-15)18-7-10-24(11-8-18)20(25)21-9-6-17-13-22-23(3)14-17/h4-5,12-14,18H,6-11H2,1-3H3,(H,21,25). The summed E-state index contributed by atoms with van der Waals surface area (Å²) in [6, 6.07) is 6.75. The van der Waals surface area contributed by atoms with Gasteiger partial charge in [-0.1, -0.05) is 23.8 Å². The molecule has 2 heterocycles. The van der Waals surface area contributed by atoms with Gasteiger partial charge in [0.1, 0.15) is 0 Å². The average Bonchev–Trinajstić information content (AvgIpc) is 3.02. The van der Waals surface area contributed by atoms with Crippen LogP contribution in [0.2, 0.25) is 0 Å². The zero-order valence-corrected chi connectivity index (χ0v) is 15.5. The van der Waals surface area contributed by atoms with Gasteiger partial charge >= 0.3 is 6.03 Å². The predicted molar refractivity (Wildman–Crippen MR) is 99.8 cm³/mol. The molecule has 1 aromatic heterocycles. The second-order valence-corrected chi connectivity index (χ2v) is 7.13. The lowest BCUT2D eigenvalue weighted by Crippen LogP contribution is -2.44. The summed E-state index contributed by atoms with van der Waals surface area (Å²) in [5, 5.41) is 7.18. The summed E-state index contributed by atoms with van der Waals surface area (Å²) < 4.78 is 1.79. The van der Waals surface area contributed by atoms with E-state index >= 15 is 0 Å². The van der Waals surface area contributed by atoms with Gasteiger partial charge in [0.05, 0.1) is 6.20 Å². The van der Waals surface area contributed by atoms with E-state index in [2.05, 4.69) is 42.5 Å². The number of likely N-dealkylation sites (tertiary alicyclic amines) is 1. The number of aryl methyl sites for hydroxylation is 3. The highest BCUT2D eigenvalue weighted by Crippen LogP contribution is 2.30. The third-order valence-electron chi connectivity index (χ3n) is 5.10. The molecule has 5 heteroatoms. The van der Waals surface area contributed by atoms with Crippen molar-refractivity contribution < 1.29 is 4.79 Å². The van der Waals surface area contributed by atoms with Crippen molar-refractivity contribution in [3.8, 4) is 0 Å². The number of benzene rings is 1. The smallest absolute Gasteiger partial charge is 0.317 e. The molecule has 1 aromatic carbocycles. The first kappa shape index (κ1) is 17.5. The number of rotatable bonds is 4. The first-order valence-corrected chi connectivity index (χ1v) is 9.10. The molecule has 0 spiro atoms. The Morgan fingerprint density at radius 1 is 1.28 bits per heavy atom. The van der Waals surface area contributed by atoms with Gasteiger partial charge in [0.15, 0.2) is 0 Å². The lowest BCUT2D eigenvalue weighted by atomic mass is 9.86. The van der Waals surface area contributed by atoms with Crippen LogP contribution in [-0.2, 0) is 13.5 Å². The number of carbonyl (C=O) groups excluding carboxylic acids is 1. The molecule has 0 aliphatic carbocycles. The lowest BCUT2D eigenvalue weighted by molar-refractivity contribution is 0.181. The Morgan fingerprint density at radius 2 is 2.04 bits per heavy atom. The first-order valence-electron chi connectivity index (χ1n) is 9.10. The monoisotopic (exact) mass is 340 g/mol. The van der Waals surface area contributed by atoms with E-state index in [1.54, 1.807) is 4.68 Å². The zero-order chi connectivity index (χ0) is 17.8. The van der Waals surface area contributed by atoms with Gasteiger partial charge < -0.3 is 10.2 Å². The Labute approximate surface area is 150 Å². The molecule has 1 aliphatic heterocycles. The number of piperidine rings is 1. The van der Waals surface area contributed by atoms with Crippen molar-refractivity contribution >= 4 is 6.03 Å².